The van der Waals surface area contributed by atoms with E-state index in [1.807, 2.05) is 0 Å². The van der Waals surface area contributed by atoms with Crippen LogP contribution in [0.4, 0.5) is 22.7 Å². The van der Waals surface area contributed by atoms with Crippen LogP contribution in [0.2, 0.25) is 0 Å². The van der Waals surface area contributed by atoms with Crippen molar-refractivity contribution in [3.05, 3.63) is 238 Å². The van der Waals surface area contributed by atoms with Gasteiger partial charge in [0.2, 0.25) is 11.4 Å². The van der Waals surface area contributed by atoms with Gasteiger partial charge in [-0.05, 0) is 181 Å². The summed E-state index contributed by atoms with van der Waals surface area (Å²) in [5, 5.41) is 12.1. The van der Waals surface area contributed by atoms with Gasteiger partial charge in [-0.15, -0.1) is 0 Å². The minimum Gasteiger partial charge on any atom is -0.347 e. The minimum atomic E-state index is -0.273. The second-order valence-corrected chi connectivity index (χ2v) is 27.0. The highest BCUT2D eigenvalue weighted by molar-refractivity contribution is 6.32. The summed E-state index contributed by atoms with van der Waals surface area (Å²) in [5.41, 5.74) is 15.9. The summed E-state index contributed by atoms with van der Waals surface area (Å²) >= 11 is 14.9. The molecule has 2 spiro atoms. The first-order valence-electron chi connectivity index (χ1n) is 32.3. The number of nitrogens with zero attached hydrogens (tertiary/aromatic N) is 4. The SMILES string of the molecule is CC[N+]1=C(C=CC(Cl)=CC=C2N(C)c3ccc4ccccc4c3C2(C)CCCCC2(C)C(=CC=C(Cl)C=CC3=[N+](CC)c4ccc5ccccc5c4C34CCCCC4)N(C)c3ccc4ccccc4c32)C2(CCCCC2)c2c1ccc1ccccc21. The molecule has 2 unspecified atom stereocenters. The summed E-state index contributed by atoms with van der Waals surface area (Å²) in [6.07, 6.45) is 34.4. The molecule has 6 aliphatic rings. The van der Waals surface area contributed by atoms with Crippen LogP contribution in [0, 0.1) is 0 Å². The number of rotatable bonds is 13. The van der Waals surface area contributed by atoms with Crippen LogP contribution in [-0.2, 0) is 21.7 Å². The van der Waals surface area contributed by atoms with E-state index < -0.39 is 0 Å². The number of likely N-dealkylation sites (N-methyl/N-ethyl adjacent to an activating group) is 2. The van der Waals surface area contributed by atoms with Crippen molar-refractivity contribution < 1.29 is 9.15 Å². The average molecular weight is 1170 g/mol. The molecule has 14 rings (SSSR count). The standard InChI is InChI=1S/C80H82Cl2N4/c1-7-85-67-43-35-57-27-13-17-31-63(57)75(67)79(51-19-9-20-52-79)71(85)47-39-59(81)37-45-69-77(3,73-61-29-15-11-25-55(61)33-41-65(73)83(69)5)49-23-24-50-78(4)70(84(6)66-42-34-56-26-12-16-30-62(56)74(66)78)46-38-60(82)40-48-72-80(53-21-10-22-54-80)76-64-32-18-14-28-58(64)36-44-68(76)86(72)8-2/h11-18,25-48H,7-10,19-24,49-54H2,1-6H3/q+2. The zero-order valence-electron chi connectivity index (χ0n) is 51.3. The molecule has 0 radical (unpaired) electrons. The predicted molar refractivity (Wildman–Crippen MR) is 369 cm³/mol. The highest BCUT2D eigenvalue weighted by Crippen LogP contribution is 2.57. The minimum absolute atomic E-state index is 0.0183. The monoisotopic (exact) mass is 1170 g/mol. The lowest BCUT2D eigenvalue weighted by Gasteiger charge is -2.32. The summed E-state index contributed by atoms with van der Waals surface area (Å²) in [6, 6.07) is 54.6. The highest BCUT2D eigenvalue weighted by atomic mass is 35.5. The number of allylic oxidation sites excluding steroid dienone is 12. The summed E-state index contributed by atoms with van der Waals surface area (Å²) < 4.78 is 5.15. The smallest absolute Gasteiger partial charge is 0.210 e. The average Bonchev–Trinajstić information content (AvgIpc) is 1.62. The van der Waals surface area contributed by atoms with Gasteiger partial charge >= 0.3 is 0 Å². The molecular weight excluding hydrogens is 1090 g/mol. The van der Waals surface area contributed by atoms with E-state index in [4.69, 9.17) is 23.2 Å². The molecule has 2 aliphatic carbocycles. The van der Waals surface area contributed by atoms with Crippen molar-refractivity contribution in [1.82, 2.24) is 0 Å². The third-order valence-corrected chi connectivity index (χ3v) is 22.2. The van der Waals surface area contributed by atoms with Crippen molar-refractivity contribution in [2.75, 3.05) is 37.0 Å². The third-order valence-electron chi connectivity index (χ3n) is 21.7. The molecule has 4 nitrogen and oxygen atoms in total. The molecule has 8 aromatic carbocycles. The topological polar surface area (TPSA) is 12.5 Å². The summed E-state index contributed by atoms with van der Waals surface area (Å²) in [5.74, 6) is 0. The molecular formula is C80H82Cl2N4+2. The molecule has 0 bridgehead atoms. The molecule has 2 atom stereocenters. The first-order chi connectivity index (χ1) is 41.9. The number of hydrogen-bond acceptors (Lipinski definition) is 2. The van der Waals surface area contributed by atoms with E-state index in [1.165, 1.54) is 149 Å². The van der Waals surface area contributed by atoms with Gasteiger partial charge in [0, 0.05) is 93.2 Å². The van der Waals surface area contributed by atoms with Crippen LogP contribution in [0.5, 0.6) is 0 Å². The van der Waals surface area contributed by atoms with Crippen LogP contribution in [0.3, 0.4) is 0 Å². The fourth-order valence-corrected chi connectivity index (χ4v) is 18.1. The maximum Gasteiger partial charge on any atom is 0.210 e. The summed E-state index contributed by atoms with van der Waals surface area (Å²) in [6.45, 7) is 11.4. The highest BCUT2D eigenvalue weighted by Gasteiger charge is 2.54. The van der Waals surface area contributed by atoms with Crippen LogP contribution >= 0.6 is 23.2 Å². The number of halogens is 2. The number of hydrogen-bond donors (Lipinski definition) is 0. The first kappa shape index (κ1) is 56.6. The Labute approximate surface area is 520 Å². The van der Waals surface area contributed by atoms with Gasteiger partial charge in [-0.2, -0.15) is 9.15 Å². The Balaban J connectivity index is 0.777. The zero-order chi connectivity index (χ0) is 59.0. The molecule has 434 valence electrons. The molecule has 0 amide bonds. The van der Waals surface area contributed by atoms with Gasteiger partial charge in [0.1, 0.15) is 13.1 Å². The lowest BCUT2D eigenvalue weighted by atomic mass is 9.66. The quantitative estimate of drug-likeness (QED) is 0.0648. The van der Waals surface area contributed by atoms with E-state index in [1.54, 1.807) is 0 Å². The molecule has 2 fully saturated rings. The van der Waals surface area contributed by atoms with Crippen molar-refractivity contribution in [2.45, 2.75) is 139 Å². The molecule has 0 N–H and O–H groups in total. The van der Waals surface area contributed by atoms with E-state index >= 15 is 0 Å². The van der Waals surface area contributed by atoms with Crippen molar-refractivity contribution in [3.8, 4) is 0 Å². The van der Waals surface area contributed by atoms with E-state index in [-0.39, 0.29) is 21.7 Å². The summed E-state index contributed by atoms with van der Waals surface area (Å²) in [4.78, 5) is 4.88. The third kappa shape index (κ3) is 8.96. The van der Waals surface area contributed by atoms with E-state index in [0.29, 0.717) is 0 Å². The molecule has 4 aliphatic heterocycles. The van der Waals surface area contributed by atoms with E-state index in [0.717, 1.165) is 74.5 Å². The van der Waals surface area contributed by atoms with Crippen LogP contribution in [0.1, 0.15) is 140 Å². The summed E-state index contributed by atoms with van der Waals surface area (Å²) in [7, 11) is 4.51. The Kier molecular flexibility index (Phi) is 14.8. The zero-order valence-corrected chi connectivity index (χ0v) is 52.8. The van der Waals surface area contributed by atoms with Crippen LogP contribution < -0.4 is 9.80 Å². The number of unbranched alkanes of at least 4 members (excludes halogenated alkanes) is 1. The van der Waals surface area contributed by atoms with Crippen LogP contribution in [-0.4, -0.2) is 47.8 Å². The van der Waals surface area contributed by atoms with Crippen molar-refractivity contribution in [2.24, 2.45) is 0 Å². The van der Waals surface area contributed by atoms with Gasteiger partial charge in [-0.25, -0.2) is 0 Å². The molecule has 8 aromatic rings. The second kappa shape index (κ2) is 22.5. The Bertz CT molecular complexity index is 4040. The molecule has 2 saturated carbocycles. The van der Waals surface area contributed by atoms with Gasteiger partial charge in [-0.1, -0.05) is 184 Å². The molecule has 6 heteroatoms. The van der Waals surface area contributed by atoms with Crippen molar-refractivity contribution in [3.63, 3.8) is 0 Å². The maximum atomic E-state index is 7.45. The first-order valence-corrected chi connectivity index (χ1v) is 33.1. The number of fused-ring (bicyclic) bond motifs is 14. The fraction of sp³-hybridized carbons (Fsp3) is 0.325. The Morgan fingerprint density at radius 1 is 0.442 bits per heavy atom. The van der Waals surface area contributed by atoms with Crippen LogP contribution in [0.15, 0.2) is 216 Å². The Hall–Kier alpha value is -7.24. The number of anilines is 2. The van der Waals surface area contributed by atoms with Crippen molar-refractivity contribution in [1.29, 1.82) is 0 Å². The molecule has 0 saturated heterocycles. The Morgan fingerprint density at radius 3 is 1.14 bits per heavy atom. The Morgan fingerprint density at radius 2 is 0.779 bits per heavy atom. The van der Waals surface area contributed by atoms with Gasteiger partial charge in [0.15, 0.2) is 11.4 Å². The largest absolute Gasteiger partial charge is 0.347 e. The van der Waals surface area contributed by atoms with Crippen LogP contribution in [0.25, 0.3) is 43.1 Å². The second-order valence-electron chi connectivity index (χ2n) is 26.1. The van der Waals surface area contributed by atoms with E-state index in [9.17, 15) is 0 Å². The molecule has 86 heavy (non-hydrogen) atoms. The van der Waals surface area contributed by atoms with Gasteiger partial charge in [0.25, 0.3) is 0 Å². The van der Waals surface area contributed by atoms with E-state index in [2.05, 4.69) is 255 Å². The molecule has 0 aromatic heterocycles. The van der Waals surface area contributed by atoms with Gasteiger partial charge in [0.05, 0.1) is 10.8 Å². The number of benzene rings is 8. The normalized spacial score (nSPS) is 22.7. The van der Waals surface area contributed by atoms with Gasteiger partial charge in [-0.3, -0.25) is 0 Å². The van der Waals surface area contributed by atoms with Gasteiger partial charge < -0.3 is 9.80 Å². The fourth-order valence-electron chi connectivity index (χ4n) is 17.8. The lowest BCUT2D eigenvalue weighted by Crippen LogP contribution is -2.36. The maximum absolute atomic E-state index is 7.45. The molecule has 4 heterocycles. The lowest BCUT2D eigenvalue weighted by molar-refractivity contribution is -0.433. The predicted octanol–water partition coefficient (Wildman–Crippen LogP) is 21.1. The van der Waals surface area contributed by atoms with Crippen molar-refractivity contribution >= 4 is 100 Å².